The molecule has 0 saturated heterocycles. The molecule has 1 atom stereocenters. The largest absolute Gasteiger partial charge is 0.328 e. The molecule has 1 unspecified atom stereocenters. The number of hydrogen-bond acceptors (Lipinski definition) is 2. The highest BCUT2D eigenvalue weighted by molar-refractivity contribution is 5.33. The Morgan fingerprint density at radius 3 is 2.69 bits per heavy atom. The maximum atomic E-state index is 12.8. The van der Waals surface area contributed by atoms with Gasteiger partial charge in [0, 0.05) is 30.5 Å². The number of aromatic nitrogens is 2. The lowest BCUT2D eigenvalue weighted by molar-refractivity contribution is 0.627. The molecule has 1 heterocycles. The van der Waals surface area contributed by atoms with E-state index in [4.69, 9.17) is 5.73 Å². The summed E-state index contributed by atoms with van der Waals surface area (Å²) in [6.45, 7) is 1.93. The van der Waals surface area contributed by atoms with Crippen molar-refractivity contribution >= 4 is 0 Å². The third kappa shape index (κ3) is 2.28. The number of rotatable bonds is 3. The lowest BCUT2D eigenvalue weighted by atomic mass is 10.2. The number of benzene rings is 1. The quantitative estimate of drug-likeness (QED) is 0.856. The van der Waals surface area contributed by atoms with Gasteiger partial charge in [0.15, 0.2) is 0 Å². The highest BCUT2D eigenvalue weighted by Crippen LogP contribution is 2.12. The summed E-state index contributed by atoms with van der Waals surface area (Å²) in [5.74, 6) is 0.652. The molecule has 0 fully saturated rings. The zero-order valence-electron chi connectivity index (χ0n) is 9.10. The molecule has 1 aromatic carbocycles. The van der Waals surface area contributed by atoms with Gasteiger partial charge >= 0.3 is 0 Å². The van der Waals surface area contributed by atoms with Crippen LogP contribution in [0.25, 0.3) is 5.69 Å². The van der Waals surface area contributed by atoms with Crippen LogP contribution in [0.15, 0.2) is 36.7 Å². The highest BCUT2D eigenvalue weighted by atomic mass is 19.1. The zero-order valence-corrected chi connectivity index (χ0v) is 9.10. The van der Waals surface area contributed by atoms with Gasteiger partial charge in [0.1, 0.15) is 11.6 Å². The smallest absolute Gasteiger partial charge is 0.123 e. The lowest BCUT2D eigenvalue weighted by Gasteiger charge is -2.09. The molecule has 4 heteroatoms. The Bertz CT molecular complexity index is 459. The Labute approximate surface area is 93.7 Å². The molecule has 0 radical (unpaired) electrons. The molecular weight excluding hydrogens is 205 g/mol. The van der Waals surface area contributed by atoms with E-state index in [-0.39, 0.29) is 11.9 Å². The SMILES string of the molecule is CC(N)Cc1nccn1-c1ccc(F)cc1. The van der Waals surface area contributed by atoms with Gasteiger partial charge in [-0.05, 0) is 31.2 Å². The molecule has 0 aliphatic carbocycles. The van der Waals surface area contributed by atoms with Gasteiger partial charge < -0.3 is 10.3 Å². The first kappa shape index (κ1) is 10.8. The molecule has 16 heavy (non-hydrogen) atoms. The number of hydrogen-bond donors (Lipinski definition) is 1. The van der Waals surface area contributed by atoms with Crippen LogP contribution in [-0.4, -0.2) is 15.6 Å². The molecule has 0 aliphatic heterocycles. The van der Waals surface area contributed by atoms with Crippen LogP contribution in [0.3, 0.4) is 0 Å². The van der Waals surface area contributed by atoms with Gasteiger partial charge in [-0.2, -0.15) is 0 Å². The van der Waals surface area contributed by atoms with Crippen molar-refractivity contribution in [2.45, 2.75) is 19.4 Å². The fraction of sp³-hybridized carbons (Fsp3) is 0.250. The van der Waals surface area contributed by atoms with Gasteiger partial charge in [0.05, 0.1) is 0 Å². The minimum absolute atomic E-state index is 0.0570. The summed E-state index contributed by atoms with van der Waals surface area (Å²) in [4.78, 5) is 4.24. The maximum Gasteiger partial charge on any atom is 0.123 e. The molecule has 0 aliphatic rings. The number of halogens is 1. The van der Waals surface area contributed by atoms with E-state index in [0.29, 0.717) is 6.42 Å². The predicted molar refractivity (Wildman–Crippen MR) is 60.9 cm³/mol. The van der Waals surface area contributed by atoms with Crippen molar-refractivity contribution in [2.75, 3.05) is 0 Å². The number of nitrogens with two attached hydrogens (primary N) is 1. The van der Waals surface area contributed by atoms with E-state index >= 15 is 0 Å². The fourth-order valence-corrected chi connectivity index (χ4v) is 1.61. The topological polar surface area (TPSA) is 43.8 Å². The van der Waals surface area contributed by atoms with Gasteiger partial charge in [0.25, 0.3) is 0 Å². The molecule has 2 aromatic rings. The Morgan fingerprint density at radius 1 is 1.38 bits per heavy atom. The number of nitrogens with zero attached hydrogens (tertiary/aromatic N) is 2. The summed E-state index contributed by atoms with van der Waals surface area (Å²) in [6, 6.07) is 6.38. The molecule has 0 saturated carbocycles. The zero-order chi connectivity index (χ0) is 11.5. The van der Waals surface area contributed by atoms with Gasteiger partial charge in [-0.1, -0.05) is 0 Å². The normalized spacial score (nSPS) is 12.7. The fourth-order valence-electron chi connectivity index (χ4n) is 1.61. The Morgan fingerprint density at radius 2 is 2.06 bits per heavy atom. The Hall–Kier alpha value is -1.68. The first-order valence-corrected chi connectivity index (χ1v) is 5.20. The standard InChI is InChI=1S/C12H14FN3/c1-9(14)8-12-15-6-7-16(12)11-4-2-10(13)3-5-11/h2-7,9H,8,14H2,1H3. The molecule has 0 amide bonds. The van der Waals surface area contributed by atoms with E-state index in [2.05, 4.69) is 4.98 Å². The number of imidazole rings is 1. The van der Waals surface area contributed by atoms with Gasteiger partial charge in [-0.3, -0.25) is 0 Å². The Kier molecular flexibility index (Phi) is 3.01. The van der Waals surface area contributed by atoms with Crippen LogP contribution in [0.1, 0.15) is 12.7 Å². The van der Waals surface area contributed by atoms with Crippen LogP contribution in [0.4, 0.5) is 4.39 Å². The first-order valence-electron chi connectivity index (χ1n) is 5.20. The monoisotopic (exact) mass is 219 g/mol. The van der Waals surface area contributed by atoms with Crippen molar-refractivity contribution in [3.05, 3.63) is 48.3 Å². The van der Waals surface area contributed by atoms with E-state index in [0.717, 1.165) is 11.5 Å². The van der Waals surface area contributed by atoms with Crippen molar-refractivity contribution < 1.29 is 4.39 Å². The van der Waals surface area contributed by atoms with Crippen LogP contribution in [0.2, 0.25) is 0 Å². The second-order valence-corrected chi connectivity index (χ2v) is 3.87. The van der Waals surface area contributed by atoms with Crippen molar-refractivity contribution in [2.24, 2.45) is 5.73 Å². The average Bonchev–Trinajstić information content (AvgIpc) is 2.66. The minimum atomic E-state index is -0.238. The van der Waals surface area contributed by atoms with Crippen LogP contribution >= 0.6 is 0 Å². The van der Waals surface area contributed by atoms with Crippen molar-refractivity contribution in [1.29, 1.82) is 0 Å². The van der Waals surface area contributed by atoms with Gasteiger partial charge in [0.2, 0.25) is 0 Å². The summed E-state index contributed by atoms with van der Waals surface area (Å²) in [7, 11) is 0. The summed E-state index contributed by atoms with van der Waals surface area (Å²) in [5.41, 5.74) is 6.64. The molecule has 2 rings (SSSR count). The molecule has 3 nitrogen and oxygen atoms in total. The highest BCUT2D eigenvalue weighted by Gasteiger charge is 2.06. The molecular formula is C12H14FN3. The summed E-state index contributed by atoms with van der Waals surface area (Å²) >= 11 is 0. The summed E-state index contributed by atoms with van der Waals surface area (Å²) < 4.78 is 14.7. The third-order valence-corrected chi connectivity index (χ3v) is 2.33. The van der Waals surface area contributed by atoms with E-state index < -0.39 is 0 Å². The molecule has 2 N–H and O–H groups in total. The molecule has 0 bridgehead atoms. The minimum Gasteiger partial charge on any atom is -0.328 e. The van der Waals surface area contributed by atoms with Gasteiger partial charge in [-0.25, -0.2) is 9.37 Å². The van der Waals surface area contributed by atoms with Crippen LogP contribution in [-0.2, 0) is 6.42 Å². The second-order valence-electron chi connectivity index (χ2n) is 3.87. The molecule has 0 spiro atoms. The van der Waals surface area contributed by atoms with E-state index in [9.17, 15) is 4.39 Å². The van der Waals surface area contributed by atoms with Crippen molar-refractivity contribution in [1.82, 2.24) is 9.55 Å². The maximum absolute atomic E-state index is 12.8. The van der Waals surface area contributed by atoms with E-state index in [1.807, 2.05) is 17.7 Å². The van der Waals surface area contributed by atoms with E-state index in [1.54, 1.807) is 18.3 Å². The molecule has 1 aromatic heterocycles. The summed E-state index contributed by atoms with van der Waals surface area (Å²) in [6.07, 6.45) is 4.27. The average molecular weight is 219 g/mol. The van der Waals surface area contributed by atoms with Gasteiger partial charge in [-0.15, -0.1) is 0 Å². The van der Waals surface area contributed by atoms with Crippen molar-refractivity contribution in [3.8, 4) is 5.69 Å². The van der Waals surface area contributed by atoms with Crippen LogP contribution in [0, 0.1) is 5.82 Å². The van der Waals surface area contributed by atoms with Crippen LogP contribution < -0.4 is 5.73 Å². The van der Waals surface area contributed by atoms with Crippen molar-refractivity contribution in [3.63, 3.8) is 0 Å². The second kappa shape index (κ2) is 4.45. The van der Waals surface area contributed by atoms with E-state index in [1.165, 1.54) is 12.1 Å². The van der Waals surface area contributed by atoms with Crippen LogP contribution in [0.5, 0.6) is 0 Å². The third-order valence-electron chi connectivity index (χ3n) is 2.33. The predicted octanol–water partition coefficient (Wildman–Crippen LogP) is 1.90. The molecule has 84 valence electrons. The Balaban J connectivity index is 2.33. The lowest BCUT2D eigenvalue weighted by Crippen LogP contribution is -2.20. The first-order chi connectivity index (χ1) is 7.66. The summed E-state index contributed by atoms with van der Waals surface area (Å²) in [5, 5.41) is 0.